The van der Waals surface area contributed by atoms with Gasteiger partial charge in [-0.3, -0.25) is 24.2 Å². The van der Waals surface area contributed by atoms with Gasteiger partial charge in [-0.2, -0.15) is 31.8 Å². The number of benzene rings is 3. The van der Waals surface area contributed by atoms with Crippen molar-refractivity contribution in [1.29, 1.82) is 5.41 Å². The second-order valence-corrected chi connectivity index (χ2v) is 17.6. The van der Waals surface area contributed by atoms with E-state index >= 15 is 8.78 Å². The van der Waals surface area contributed by atoms with Crippen molar-refractivity contribution >= 4 is 51.3 Å². The third-order valence-corrected chi connectivity index (χ3v) is 12.0. The van der Waals surface area contributed by atoms with Gasteiger partial charge in [0, 0.05) is 37.1 Å². The number of alkyl halides is 7. The highest BCUT2D eigenvalue weighted by atomic mass is 35.5. The molecule has 7 rings (SSSR count). The second-order valence-electron chi connectivity index (χ2n) is 16.0. The molecule has 3 unspecified atom stereocenters. The molecule has 0 saturated heterocycles. The van der Waals surface area contributed by atoms with Crippen molar-refractivity contribution in [2.75, 3.05) is 25.2 Å². The van der Waals surface area contributed by atoms with E-state index in [0.29, 0.717) is 10.7 Å². The van der Waals surface area contributed by atoms with Crippen molar-refractivity contribution in [2.45, 2.75) is 70.1 Å². The predicted molar refractivity (Wildman–Crippen MR) is 219 cm³/mol. The Bertz CT molecular complexity index is 2710. The molecule has 3 aromatic carbocycles. The van der Waals surface area contributed by atoms with Crippen molar-refractivity contribution in [3.05, 3.63) is 109 Å². The van der Waals surface area contributed by atoms with Crippen LogP contribution in [-0.2, 0) is 35.0 Å². The van der Waals surface area contributed by atoms with E-state index in [0.717, 1.165) is 30.5 Å². The summed E-state index contributed by atoms with van der Waals surface area (Å²) in [6.45, 7) is 0.528. The molecule has 23 heteroatoms. The molecule has 4 atom stereocenters. The molecular weight excluding hydrogens is 907 g/mol. The monoisotopic (exact) mass is 944 g/mol. The zero-order chi connectivity index (χ0) is 46.8. The standard InChI is InChI=1S/C41H38ClF9N8O4S/c1-39(2,41(49,50)51)9-10-63-21-5-6-22-26(15-21)55-37(59(38(22)61)28-8-7-25(42)31(32(28)53-3)36(52)57-64(4)62)27(13-18-11-19(43)14-20(44)12-18)54-29(60)17-58-34-30(33(56-58)35(45)46)23-16-24(23)40(34,47)48/h5-8,11-12,14-15,23-24,27,35,53H,9-10,13,16-17H2,1-4H3,(H2,52,57)(H,54,60)/t23?,24-,27?,64?/m1/s1. The van der Waals surface area contributed by atoms with Gasteiger partial charge < -0.3 is 19.9 Å². The Balaban J connectivity index is 1.40. The zero-order valence-corrected chi connectivity index (χ0v) is 35.6. The number of ether oxygens (including phenoxy) is 1. The summed E-state index contributed by atoms with van der Waals surface area (Å²) in [5, 5.41) is 17.6. The van der Waals surface area contributed by atoms with Gasteiger partial charge in [-0.05, 0) is 60.7 Å². The summed E-state index contributed by atoms with van der Waals surface area (Å²) in [6, 6.07) is 7.22. The minimum absolute atomic E-state index is 0.0213. The van der Waals surface area contributed by atoms with Gasteiger partial charge in [-0.15, -0.1) is 0 Å². The minimum Gasteiger partial charge on any atom is -0.593 e. The fourth-order valence-corrected chi connectivity index (χ4v) is 8.52. The van der Waals surface area contributed by atoms with E-state index in [-0.39, 0.29) is 62.0 Å². The molecule has 64 heavy (non-hydrogen) atoms. The van der Waals surface area contributed by atoms with Crippen LogP contribution in [0.25, 0.3) is 16.6 Å². The summed E-state index contributed by atoms with van der Waals surface area (Å²) in [5.74, 6) is -9.78. The lowest BCUT2D eigenvalue weighted by Gasteiger charge is -2.27. The van der Waals surface area contributed by atoms with Gasteiger partial charge in [-0.25, -0.2) is 22.5 Å². The van der Waals surface area contributed by atoms with Crippen molar-refractivity contribution in [1.82, 2.24) is 29.4 Å². The largest absolute Gasteiger partial charge is 0.593 e. The molecule has 1 fully saturated rings. The number of fused-ring (bicyclic) bond motifs is 4. The molecule has 0 aliphatic heterocycles. The normalized spacial score (nSPS) is 17.5. The first kappa shape index (κ1) is 46.5. The molecule has 2 heterocycles. The number of halogens is 10. The van der Waals surface area contributed by atoms with Crippen LogP contribution in [0.5, 0.6) is 5.75 Å². The van der Waals surface area contributed by atoms with Gasteiger partial charge >= 0.3 is 6.18 Å². The summed E-state index contributed by atoms with van der Waals surface area (Å²) >= 11 is 4.75. The first-order valence-corrected chi connectivity index (χ1v) is 21.3. The molecule has 1 amide bonds. The molecule has 1 saturated carbocycles. The van der Waals surface area contributed by atoms with E-state index in [1.807, 2.05) is 0 Å². The van der Waals surface area contributed by atoms with Crippen LogP contribution < -0.4 is 25.7 Å². The maximum atomic E-state index is 15.5. The average molecular weight is 945 g/mol. The predicted octanol–water partition coefficient (Wildman–Crippen LogP) is 8.37. The number of hydrogen-bond donors (Lipinski definition) is 4. The van der Waals surface area contributed by atoms with Gasteiger partial charge in [0.1, 0.15) is 47.4 Å². The van der Waals surface area contributed by atoms with E-state index in [4.69, 9.17) is 26.7 Å². The maximum absolute atomic E-state index is 15.5. The van der Waals surface area contributed by atoms with E-state index in [2.05, 4.69) is 20.5 Å². The lowest BCUT2D eigenvalue weighted by atomic mass is 9.89. The number of anilines is 1. The molecule has 2 aromatic heterocycles. The summed E-state index contributed by atoms with van der Waals surface area (Å²) in [4.78, 5) is 33.6. The highest BCUT2D eigenvalue weighted by molar-refractivity contribution is 7.89. The number of amides is 1. The van der Waals surface area contributed by atoms with Crippen molar-refractivity contribution in [3.8, 4) is 11.4 Å². The lowest BCUT2D eigenvalue weighted by Crippen LogP contribution is -2.38. The van der Waals surface area contributed by atoms with Crippen molar-refractivity contribution < 1.29 is 53.6 Å². The van der Waals surface area contributed by atoms with Gasteiger partial charge in [0.25, 0.3) is 17.9 Å². The second kappa shape index (κ2) is 17.1. The molecule has 12 nitrogen and oxygen atoms in total. The Kier molecular flexibility index (Phi) is 12.5. The third-order valence-electron chi connectivity index (χ3n) is 11.2. The van der Waals surface area contributed by atoms with Crippen molar-refractivity contribution in [3.63, 3.8) is 0 Å². The SMILES string of the molecule is CNc1c(-n2c(C(Cc3cc(F)cc(F)c3)NC(=O)Cn3nc(C(F)F)c4c3C(F)(F)[C@@H]3CC43)nc3cc(OCCC(C)(C)C(F)(F)F)ccc3c2=O)ccc(Cl)c1C(=N)N[S+](C)[O-]. The Morgan fingerprint density at radius 3 is 2.42 bits per heavy atom. The molecule has 342 valence electrons. The summed E-state index contributed by atoms with van der Waals surface area (Å²) < 4.78 is 151. The number of nitrogens with zero attached hydrogens (tertiary/aromatic N) is 4. The van der Waals surface area contributed by atoms with Crippen molar-refractivity contribution in [2.24, 2.45) is 11.3 Å². The Labute approximate surface area is 366 Å². The van der Waals surface area contributed by atoms with E-state index in [1.54, 1.807) is 0 Å². The Morgan fingerprint density at radius 1 is 1.11 bits per heavy atom. The molecule has 5 aromatic rings. The molecule has 2 aliphatic carbocycles. The third kappa shape index (κ3) is 8.82. The van der Waals surface area contributed by atoms with Crippen LogP contribution >= 0.6 is 11.6 Å². The number of carbonyl (C=O) groups is 1. The molecule has 0 bridgehead atoms. The zero-order valence-electron chi connectivity index (χ0n) is 34.1. The Morgan fingerprint density at radius 2 is 1.80 bits per heavy atom. The van der Waals surface area contributed by atoms with Gasteiger partial charge in [0.2, 0.25) is 5.91 Å². The van der Waals surface area contributed by atoms with Crippen LogP contribution in [0, 0.1) is 28.4 Å². The van der Waals surface area contributed by atoms with Gasteiger partial charge in [-0.1, -0.05) is 25.4 Å². The first-order valence-electron chi connectivity index (χ1n) is 19.4. The quantitative estimate of drug-likeness (QED) is 0.0353. The number of carbonyl (C=O) groups excluding carboxylic acids is 1. The number of hydrogen-bond acceptors (Lipinski definition) is 8. The molecule has 2 aliphatic rings. The molecule has 0 radical (unpaired) electrons. The number of aromatic nitrogens is 4. The molecule has 4 N–H and O–H groups in total. The van der Waals surface area contributed by atoms with E-state index in [1.165, 1.54) is 43.6 Å². The summed E-state index contributed by atoms with van der Waals surface area (Å²) in [5.41, 5.74) is -5.52. The smallest absolute Gasteiger partial charge is 0.394 e. The van der Waals surface area contributed by atoms with Gasteiger partial charge in [0.05, 0.1) is 62.3 Å². The van der Waals surface area contributed by atoms with Crippen LogP contribution in [-0.4, -0.2) is 61.7 Å². The van der Waals surface area contributed by atoms with Crippen LogP contribution in [0.3, 0.4) is 0 Å². The highest BCUT2D eigenvalue weighted by Gasteiger charge is 2.67. The Hall–Kier alpha value is -5.48. The molecular formula is C41H38ClF9N8O4S. The lowest BCUT2D eigenvalue weighted by molar-refractivity contribution is -0.215. The summed E-state index contributed by atoms with van der Waals surface area (Å²) in [6.07, 6.45) is -7.60. The van der Waals surface area contributed by atoms with Gasteiger partial charge in [0.15, 0.2) is 5.84 Å². The van der Waals surface area contributed by atoms with Crippen LogP contribution in [0.1, 0.15) is 79.0 Å². The fraction of sp³-hybridized carbons (Fsp3) is 0.390. The van der Waals surface area contributed by atoms with Crippen LogP contribution in [0.15, 0.2) is 53.3 Å². The molecule has 0 spiro atoms. The van der Waals surface area contributed by atoms with Crippen LogP contribution in [0.2, 0.25) is 5.02 Å². The number of nitrogens with one attached hydrogen (secondary N) is 4. The first-order chi connectivity index (χ1) is 29.9. The van der Waals surface area contributed by atoms with E-state index in [9.17, 15) is 44.9 Å². The van der Waals surface area contributed by atoms with Crippen LogP contribution in [0.4, 0.5) is 45.2 Å². The average Bonchev–Trinajstić information content (AvgIpc) is 3.84. The number of amidine groups is 1. The minimum atomic E-state index is -4.55. The van der Waals surface area contributed by atoms with E-state index < -0.39 is 119 Å². The number of rotatable bonds is 15. The maximum Gasteiger partial charge on any atom is 0.394 e. The topological polar surface area (TPSA) is 162 Å². The fourth-order valence-electron chi connectivity index (χ4n) is 7.87. The highest BCUT2D eigenvalue weighted by Crippen LogP contribution is 2.68. The summed E-state index contributed by atoms with van der Waals surface area (Å²) in [7, 11) is 1.41.